The highest BCUT2D eigenvalue weighted by Crippen LogP contribution is 2.12. The average Bonchev–Trinajstić information content (AvgIpc) is 2.73. The van der Waals surface area contributed by atoms with Crippen molar-refractivity contribution >= 4 is 34.6 Å². The Morgan fingerprint density at radius 1 is 1.10 bits per heavy atom. The summed E-state index contributed by atoms with van der Waals surface area (Å²) in [5, 5.41) is 9.09. The second-order valence-electron chi connectivity index (χ2n) is 6.89. The number of nitrogens with zero attached hydrogens (tertiary/aromatic N) is 2. The molecule has 1 aromatic carbocycles. The molecule has 31 heavy (non-hydrogen) atoms. The first-order valence-corrected chi connectivity index (χ1v) is 9.80. The van der Waals surface area contributed by atoms with Gasteiger partial charge in [0.1, 0.15) is 6.04 Å². The number of rotatable bonds is 12. The van der Waals surface area contributed by atoms with E-state index in [9.17, 15) is 14.4 Å². The average molecular weight is 428 g/mol. The van der Waals surface area contributed by atoms with E-state index in [1.165, 1.54) is 0 Å². The second-order valence-corrected chi connectivity index (χ2v) is 6.89. The Kier molecular flexibility index (Phi) is 9.17. The third-order valence-electron chi connectivity index (χ3n) is 4.30. The van der Waals surface area contributed by atoms with Crippen molar-refractivity contribution < 1.29 is 14.4 Å². The fraction of sp³-hybridized carbons (Fsp3) is 0.350. The van der Waals surface area contributed by atoms with Crippen LogP contribution in [-0.4, -0.2) is 54.3 Å². The maximum absolute atomic E-state index is 12.3. The molecule has 0 bridgehead atoms. The predicted octanol–water partition coefficient (Wildman–Crippen LogP) is -1.54. The van der Waals surface area contributed by atoms with Gasteiger partial charge in [-0.2, -0.15) is 0 Å². The number of para-hydroxylation sites is 1. The SMILES string of the molecule is NC(=O)CNC(=O)C(CCCN=C(N)N)NC(=O)CNCc1cnc2ccccc2c1. The quantitative estimate of drug-likeness (QED) is 0.134. The molecule has 1 atom stereocenters. The summed E-state index contributed by atoms with van der Waals surface area (Å²) >= 11 is 0. The number of pyridine rings is 1. The fourth-order valence-electron chi connectivity index (χ4n) is 2.85. The van der Waals surface area contributed by atoms with Crippen LogP contribution in [-0.2, 0) is 20.9 Å². The molecule has 0 aliphatic carbocycles. The highest BCUT2D eigenvalue weighted by Gasteiger charge is 2.20. The largest absolute Gasteiger partial charge is 0.370 e. The molecule has 1 heterocycles. The zero-order valence-electron chi connectivity index (χ0n) is 17.1. The molecular formula is C20H28N8O3. The Bertz CT molecular complexity index is 943. The molecule has 0 aliphatic heterocycles. The van der Waals surface area contributed by atoms with Crippen LogP contribution >= 0.6 is 0 Å². The molecule has 11 nitrogen and oxygen atoms in total. The smallest absolute Gasteiger partial charge is 0.243 e. The number of aliphatic imine (C=N–C) groups is 1. The van der Waals surface area contributed by atoms with Gasteiger partial charge in [0.25, 0.3) is 0 Å². The van der Waals surface area contributed by atoms with Crippen molar-refractivity contribution in [3.8, 4) is 0 Å². The number of hydrogen-bond acceptors (Lipinski definition) is 6. The maximum atomic E-state index is 12.3. The Morgan fingerprint density at radius 3 is 2.61 bits per heavy atom. The van der Waals surface area contributed by atoms with Gasteiger partial charge in [-0.25, -0.2) is 0 Å². The van der Waals surface area contributed by atoms with Crippen LogP contribution in [0.3, 0.4) is 0 Å². The van der Waals surface area contributed by atoms with Gasteiger partial charge in [0.15, 0.2) is 5.96 Å². The topological polar surface area (TPSA) is 191 Å². The Hall–Kier alpha value is -3.73. The van der Waals surface area contributed by atoms with E-state index < -0.39 is 17.9 Å². The molecular weight excluding hydrogens is 400 g/mol. The number of amides is 3. The van der Waals surface area contributed by atoms with Crippen molar-refractivity contribution in [3.63, 3.8) is 0 Å². The summed E-state index contributed by atoms with van der Waals surface area (Å²) in [5.41, 5.74) is 17.4. The van der Waals surface area contributed by atoms with Crippen LogP contribution in [0.5, 0.6) is 0 Å². The van der Waals surface area contributed by atoms with Crippen molar-refractivity contribution in [3.05, 3.63) is 42.1 Å². The maximum Gasteiger partial charge on any atom is 0.243 e. The number of aromatic nitrogens is 1. The Balaban J connectivity index is 1.85. The van der Waals surface area contributed by atoms with Gasteiger partial charge in [0, 0.05) is 24.7 Å². The van der Waals surface area contributed by atoms with Crippen LogP contribution in [0.1, 0.15) is 18.4 Å². The van der Waals surface area contributed by atoms with Crippen molar-refractivity contribution in [1.29, 1.82) is 0 Å². The molecule has 11 heteroatoms. The monoisotopic (exact) mass is 428 g/mol. The summed E-state index contributed by atoms with van der Waals surface area (Å²) < 4.78 is 0. The molecule has 0 radical (unpaired) electrons. The molecule has 0 fully saturated rings. The number of nitrogens with two attached hydrogens (primary N) is 3. The summed E-state index contributed by atoms with van der Waals surface area (Å²) in [7, 11) is 0. The Morgan fingerprint density at radius 2 is 1.87 bits per heavy atom. The van der Waals surface area contributed by atoms with Gasteiger partial charge in [0.05, 0.1) is 18.6 Å². The summed E-state index contributed by atoms with van der Waals surface area (Å²) in [5.74, 6) is -1.60. The lowest BCUT2D eigenvalue weighted by Gasteiger charge is -2.18. The summed E-state index contributed by atoms with van der Waals surface area (Å²) in [6.45, 7) is 0.436. The summed E-state index contributed by atoms with van der Waals surface area (Å²) in [6.07, 6.45) is 2.50. The van der Waals surface area contributed by atoms with Gasteiger partial charge in [-0.15, -0.1) is 0 Å². The van der Waals surface area contributed by atoms with Crippen LogP contribution < -0.4 is 33.2 Å². The predicted molar refractivity (Wildman–Crippen MR) is 117 cm³/mol. The van der Waals surface area contributed by atoms with Crippen LogP contribution in [0, 0.1) is 0 Å². The standard InChI is InChI=1S/C20H28N8O3/c21-17(29)11-27-19(31)16(6-3-7-25-20(22)23)28-18(30)12-24-9-13-8-14-4-1-2-5-15(14)26-10-13/h1-2,4-5,8,10,16,24H,3,6-7,9,11-12H2,(H2,21,29)(H,27,31)(H,28,30)(H4,22,23,25). The van der Waals surface area contributed by atoms with Crippen LogP contribution in [0.15, 0.2) is 41.5 Å². The van der Waals surface area contributed by atoms with Gasteiger partial charge >= 0.3 is 0 Å². The number of primary amides is 1. The molecule has 0 spiro atoms. The molecule has 3 amide bonds. The zero-order chi connectivity index (χ0) is 22.6. The number of carbonyl (C=O) groups is 3. The van der Waals surface area contributed by atoms with E-state index in [4.69, 9.17) is 17.2 Å². The minimum absolute atomic E-state index is 0.000325. The van der Waals surface area contributed by atoms with Crippen LogP contribution in [0.4, 0.5) is 0 Å². The van der Waals surface area contributed by atoms with E-state index in [0.29, 0.717) is 25.9 Å². The second kappa shape index (κ2) is 12.1. The van der Waals surface area contributed by atoms with Gasteiger partial charge in [-0.05, 0) is 30.5 Å². The number of guanidine groups is 1. The van der Waals surface area contributed by atoms with Crippen molar-refractivity contribution in [2.45, 2.75) is 25.4 Å². The molecule has 1 unspecified atom stereocenters. The molecule has 0 saturated carbocycles. The number of carbonyl (C=O) groups excluding carboxylic acids is 3. The van der Waals surface area contributed by atoms with E-state index in [0.717, 1.165) is 16.5 Å². The first-order valence-electron chi connectivity index (χ1n) is 9.80. The van der Waals surface area contributed by atoms with E-state index in [2.05, 4.69) is 25.9 Å². The van der Waals surface area contributed by atoms with E-state index in [1.54, 1.807) is 6.20 Å². The molecule has 1 aromatic heterocycles. The minimum atomic E-state index is -0.842. The van der Waals surface area contributed by atoms with E-state index >= 15 is 0 Å². The van der Waals surface area contributed by atoms with Crippen molar-refractivity contribution in [2.24, 2.45) is 22.2 Å². The first kappa shape index (κ1) is 23.5. The molecule has 0 saturated heterocycles. The lowest BCUT2D eigenvalue weighted by molar-refractivity contribution is -0.129. The third kappa shape index (κ3) is 8.66. The number of nitrogens with one attached hydrogen (secondary N) is 3. The molecule has 2 aromatic rings. The lowest BCUT2D eigenvalue weighted by atomic mass is 10.1. The number of fused-ring (bicyclic) bond motifs is 1. The molecule has 9 N–H and O–H groups in total. The fourth-order valence-corrected chi connectivity index (χ4v) is 2.85. The molecule has 0 aliphatic rings. The summed E-state index contributed by atoms with van der Waals surface area (Å²) in [4.78, 5) is 43.7. The highest BCUT2D eigenvalue weighted by molar-refractivity contribution is 5.90. The van der Waals surface area contributed by atoms with Crippen LogP contribution in [0.25, 0.3) is 10.9 Å². The summed E-state index contributed by atoms with van der Waals surface area (Å²) in [6, 6.07) is 8.91. The lowest BCUT2D eigenvalue weighted by Crippen LogP contribution is -2.50. The number of benzene rings is 1. The third-order valence-corrected chi connectivity index (χ3v) is 4.30. The normalized spacial score (nSPS) is 11.5. The van der Waals surface area contributed by atoms with Gasteiger partial charge in [-0.1, -0.05) is 18.2 Å². The van der Waals surface area contributed by atoms with Gasteiger partial charge < -0.3 is 33.2 Å². The Labute approximate surface area is 179 Å². The van der Waals surface area contributed by atoms with E-state index in [-0.39, 0.29) is 25.0 Å². The van der Waals surface area contributed by atoms with Gasteiger partial charge in [0.2, 0.25) is 17.7 Å². The number of hydrogen-bond donors (Lipinski definition) is 6. The van der Waals surface area contributed by atoms with E-state index in [1.807, 2.05) is 30.3 Å². The highest BCUT2D eigenvalue weighted by atomic mass is 16.2. The molecule has 166 valence electrons. The van der Waals surface area contributed by atoms with Crippen molar-refractivity contribution in [1.82, 2.24) is 20.9 Å². The van der Waals surface area contributed by atoms with Crippen LogP contribution in [0.2, 0.25) is 0 Å². The zero-order valence-corrected chi connectivity index (χ0v) is 17.1. The molecule has 2 rings (SSSR count). The first-order chi connectivity index (χ1) is 14.8. The van der Waals surface area contributed by atoms with Crippen molar-refractivity contribution in [2.75, 3.05) is 19.6 Å². The minimum Gasteiger partial charge on any atom is -0.370 e. The van der Waals surface area contributed by atoms with Gasteiger partial charge in [-0.3, -0.25) is 24.4 Å².